The van der Waals surface area contributed by atoms with Crippen LogP contribution in [-0.4, -0.2) is 4.98 Å². The van der Waals surface area contributed by atoms with Crippen molar-refractivity contribution in [2.24, 2.45) is 0 Å². The first-order valence-corrected chi connectivity index (χ1v) is 13.4. The fourth-order valence-corrected chi connectivity index (χ4v) is 6.69. The molecule has 0 saturated carbocycles. The van der Waals surface area contributed by atoms with Gasteiger partial charge in [-0.3, -0.25) is 0 Å². The summed E-state index contributed by atoms with van der Waals surface area (Å²) in [6.07, 6.45) is 0. The number of hydrogen-bond acceptors (Lipinski definition) is 0. The van der Waals surface area contributed by atoms with E-state index in [2.05, 4.69) is 140 Å². The number of para-hydroxylation sites is 1. The molecule has 0 bridgehead atoms. The Labute approximate surface area is 222 Å². The highest BCUT2D eigenvalue weighted by molar-refractivity contribution is 6.22. The maximum atomic E-state index is 3.75. The number of fused-ring (bicyclic) bond motifs is 8. The summed E-state index contributed by atoms with van der Waals surface area (Å²) in [6.45, 7) is 4.69. The first-order chi connectivity index (χ1) is 18.6. The Hall–Kier alpha value is -4.62. The summed E-state index contributed by atoms with van der Waals surface area (Å²) in [6, 6.07) is 44.6. The van der Waals surface area contributed by atoms with Gasteiger partial charge in [0.1, 0.15) is 0 Å². The summed E-state index contributed by atoms with van der Waals surface area (Å²) in [5.41, 5.74) is 12.9. The van der Waals surface area contributed by atoms with Gasteiger partial charge in [0.25, 0.3) is 0 Å². The third-order valence-electron chi connectivity index (χ3n) is 8.61. The SMILES string of the molecule is CC1(C)c2ccccc2-c2ccc(-c3cccc(-c4cccc5c4[nH]c4ccc6ccccc6c45)c3)cc21. The van der Waals surface area contributed by atoms with Crippen molar-refractivity contribution in [3.8, 4) is 33.4 Å². The number of aromatic nitrogens is 1. The molecule has 7 aromatic rings. The molecule has 0 spiro atoms. The lowest BCUT2D eigenvalue weighted by atomic mass is 9.81. The van der Waals surface area contributed by atoms with Gasteiger partial charge in [-0.15, -0.1) is 0 Å². The van der Waals surface area contributed by atoms with Gasteiger partial charge in [-0.05, 0) is 67.9 Å². The zero-order valence-corrected chi connectivity index (χ0v) is 21.5. The van der Waals surface area contributed by atoms with E-state index in [0.717, 1.165) is 0 Å². The molecule has 1 heteroatoms. The van der Waals surface area contributed by atoms with Crippen molar-refractivity contribution in [3.63, 3.8) is 0 Å². The molecule has 0 radical (unpaired) electrons. The van der Waals surface area contributed by atoms with E-state index in [-0.39, 0.29) is 5.41 Å². The van der Waals surface area contributed by atoms with Crippen molar-refractivity contribution in [2.75, 3.05) is 0 Å². The van der Waals surface area contributed by atoms with Crippen LogP contribution in [0.4, 0.5) is 0 Å². The van der Waals surface area contributed by atoms with Crippen molar-refractivity contribution >= 4 is 32.6 Å². The Morgan fingerprint density at radius 1 is 0.500 bits per heavy atom. The molecule has 0 unspecified atom stereocenters. The van der Waals surface area contributed by atoms with E-state index < -0.39 is 0 Å². The Morgan fingerprint density at radius 2 is 1.21 bits per heavy atom. The Bertz CT molecular complexity index is 2050. The quantitative estimate of drug-likeness (QED) is 0.251. The molecule has 38 heavy (non-hydrogen) atoms. The van der Waals surface area contributed by atoms with Crippen LogP contribution in [0.15, 0.2) is 121 Å². The minimum Gasteiger partial charge on any atom is -0.354 e. The highest BCUT2D eigenvalue weighted by atomic mass is 14.7. The fraction of sp³-hybridized carbons (Fsp3) is 0.0811. The molecule has 0 amide bonds. The van der Waals surface area contributed by atoms with E-state index in [9.17, 15) is 0 Å². The molecule has 1 nitrogen and oxygen atoms in total. The van der Waals surface area contributed by atoms with Crippen LogP contribution < -0.4 is 0 Å². The minimum atomic E-state index is -0.00172. The van der Waals surface area contributed by atoms with Crippen LogP contribution >= 0.6 is 0 Å². The van der Waals surface area contributed by atoms with E-state index in [1.54, 1.807) is 0 Å². The molecule has 0 atom stereocenters. The monoisotopic (exact) mass is 485 g/mol. The third kappa shape index (κ3) is 2.93. The van der Waals surface area contributed by atoms with Gasteiger partial charge in [0.15, 0.2) is 0 Å². The fourth-order valence-electron chi connectivity index (χ4n) is 6.69. The van der Waals surface area contributed by atoms with Crippen molar-refractivity contribution in [3.05, 3.63) is 132 Å². The van der Waals surface area contributed by atoms with E-state index >= 15 is 0 Å². The first kappa shape index (κ1) is 21.5. The lowest BCUT2D eigenvalue weighted by Gasteiger charge is -2.22. The molecule has 1 N–H and O–H groups in total. The standard InChI is InChI=1S/C37H27N/c1-37(2)32-16-6-5-13-29(32)30-19-17-25(22-33(30)37)24-10-7-11-26(21-24)28-14-8-15-31-35-27-12-4-3-9-23(27)18-20-34(35)38-36(28)31/h3-22,38H,1-2H3. The van der Waals surface area contributed by atoms with E-state index in [4.69, 9.17) is 0 Å². The summed E-state index contributed by atoms with van der Waals surface area (Å²) < 4.78 is 0. The Kier molecular flexibility index (Phi) is 4.35. The number of nitrogens with one attached hydrogen (secondary N) is 1. The number of aromatic amines is 1. The van der Waals surface area contributed by atoms with E-state index in [1.807, 2.05) is 0 Å². The molecular weight excluding hydrogens is 458 g/mol. The molecule has 180 valence electrons. The molecule has 1 aliphatic rings. The van der Waals surface area contributed by atoms with Crippen molar-refractivity contribution in [2.45, 2.75) is 19.3 Å². The molecular formula is C37H27N. The van der Waals surface area contributed by atoms with Crippen LogP contribution in [0.5, 0.6) is 0 Å². The highest BCUT2D eigenvalue weighted by Crippen LogP contribution is 2.49. The summed E-state index contributed by atoms with van der Waals surface area (Å²) in [7, 11) is 0. The Morgan fingerprint density at radius 3 is 2.16 bits per heavy atom. The van der Waals surface area contributed by atoms with Crippen molar-refractivity contribution < 1.29 is 0 Å². The second-order valence-electron chi connectivity index (χ2n) is 11.1. The zero-order valence-electron chi connectivity index (χ0n) is 21.5. The van der Waals surface area contributed by atoms with E-state index in [1.165, 1.54) is 77.1 Å². The van der Waals surface area contributed by atoms with Crippen LogP contribution in [0.25, 0.3) is 66.0 Å². The predicted octanol–water partition coefficient (Wildman–Crippen LogP) is 10.1. The molecule has 8 rings (SSSR count). The molecule has 6 aromatic carbocycles. The van der Waals surface area contributed by atoms with Gasteiger partial charge in [0.2, 0.25) is 0 Å². The van der Waals surface area contributed by atoms with Gasteiger partial charge in [0.05, 0.1) is 5.52 Å². The van der Waals surface area contributed by atoms with Gasteiger partial charge in [-0.25, -0.2) is 0 Å². The highest BCUT2D eigenvalue weighted by Gasteiger charge is 2.35. The van der Waals surface area contributed by atoms with Gasteiger partial charge in [-0.1, -0.05) is 117 Å². The van der Waals surface area contributed by atoms with Crippen LogP contribution in [0.3, 0.4) is 0 Å². The van der Waals surface area contributed by atoms with Gasteiger partial charge in [0, 0.05) is 27.3 Å². The molecule has 1 aromatic heterocycles. The second-order valence-corrected chi connectivity index (χ2v) is 11.1. The number of hydrogen-bond donors (Lipinski definition) is 1. The number of H-pyrrole nitrogens is 1. The number of benzene rings is 6. The van der Waals surface area contributed by atoms with Crippen LogP contribution in [0, 0.1) is 0 Å². The molecule has 1 aliphatic carbocycles. The topological polar surface area (TPSA) is 15.8 Å². The van der Waals surface area contributed by atoms with Crippen LogP contribution in [0.1, 0.15) is 25.0 Å². The smallest absolute Gasteiger partial charge is 0.0544 e. The minimum absolute atomic E-state index is 0.00172. The lowest BCUT2D eigenvalue weighted by Crippen LogP contribution is -2.14. The maximum absolute atomic E-state index is 3.75. The predicted molar refractivity (Wildman–Crippen MR) is 162 cm³/mol. The van der Waals surface area contributed by atoms with Crippen LogP contribution in [-0.2, 0) is 5.41 Å². The van der Waals surface area contributed by atoms with Gasteiger partial charge >= 0.3 is 0 Å². The van der Waals surface area contributed by atoms with Crippen molar-refractivity contribution in [1.29, 1.82) is 0 Å². The average molecular weight is 486 g/mol. The summed E-state index contributed by atoms with van der Waals surface area (Å²) >= 11 is 0. The molecule has 0 fully saturated rings. The summed E-state index contributed by atoms with van der Waals surface area (Å²) in [5.74, 6) is 0. The van der Waals surface area contributed by atoms with Crippen molar-refractivity contribution in [1.82, 2.24) is 4.98 Å². The molecule has 0 aliphatic heterocycles. The Balaban J connectivity index is 1.28. The largest absolute Gasteiger partial charge is 0.354 e. The third-order valence-corrected chi connectivity index (χ3v) is 8.61. The second kappa shape index (κ2) is 7.69. The molecule has 0 saturated heterocycles. The van der Waals surface area contributed by atoms with E-state index in [0.29, 0.717) is 0 Å². The maximum Gasteiger partial charge on any atom is 0.0544 e. The van der Waals surface area contributed by atoms with Gasteiger partial charge in [-0.2, -0.15) is 0 Å². The first-order valence-electron chi connectivity index (χ1n) is 13.4. The average Bonchev–Trinajstić information content (AvgIpc) is 3.46. The number of rotatable bonds is 2. The summed E-state index contributed by atoms with van der Waals surface area (Å²) in [4.78, 5) is 3.75. The normalized spacial score (nSPS) is 13.7. The summed E-state index contributed by atoms with van der Waals surface area (Å²) in [5, 5.41) is 5.15. The lowest BCUT2D eigenvalue weighted by molar-refractivity contribution is 0.660. The van der Waals surface area contributed by atoms with Crippen LogP contribution in [0.2, 0.25) is 0 Å². The van der Waals surface area contributed by atoms with Gasteiger partial charge < -0.3 is 4.98 Å². The molecule has 1 heterocycles. The zero-order chi connectivity index (χ0) is 25.4.